The molecule has 0 spiro atoms. The van der Waals surface area contributed by atoms with Gasteiger partial charge in [0.2, 0.25) is 0 Å². The average molecular weight is 1040 g/mol. The van der Waals surface area contributed by atoms with Gasteiger partial charge in [-0.2, -0.15) is 23.4 Å². The van der Waals surface area contributed by atoms with Crippen LogP contribution in [0.4, 0.5) is 22.0 Å². The number of alkyl halides is 3. The standard InChI is InChI=1S/C28H31F4N7O2Si.C21H24FN5O3Si/c1-16(21-10-17(12-33-21)28(30,31)32)35-27(40)20-14-39(15-41-8-9-42(3,4)5)26-25(20)36-22(13-34-26)24-19-7-6-18(29)11-23(19)38(2)37-24;1-26-17-9-13(22)5-6-14(17)18(25-26)16-10-23-20-19(24-16)15(21(28)29)11-27(20)12-30-7-8-31(2,3)4/h6-7,11-14,16H,8-10,15H2,1-5H3,(H,35,40);5-6,9-11H,7-8,12H2,1-4H3,(H,28,29)/t16-;/m0./s1. The third kappa shape index (κ3) is 11.8. The number of aryl methyl sites for hydroxylation is 2. The van der Waals surface area contributed by atoms with Crippen LogP contribution in [0.15, 0.2) is 78.0 Å². The molecule has 2 N–H and O–H groups in total. The van der Waals surface area contributed by atoms with Gasteiger partial charge in [-0.1, -0.05) is 39.3 Å². The molecule has 384 valence electrons. The Morgan fingerprint density at radius 1 is 0.753 bits per heavy atom. The first kappa shape index (κ1) is 52.3. The van der Waals surface area contributed by atoms with Gasteiger partial charge >= 0.3 is 12.1 Å². The van der Waals surface area contributed by atoms with E-state index >= 15 is 0 Å². The quantitative estimate of drug-likeness (QED) is 0.0531. The predicted molar refractivity (Wildman–Crippen MR) is 273 cm³/mol. The van der Waals surface area contributed by atoms with Crippen LogP contribution < -0.4 is 5.32 Å². The number of carboxylic acid groups (broad SMARTS) is 1. The first-order valence-corrected chi connectivity index (χ1v) is 30.8. The Balaban J connectivity index is 0.000000204. The van der Waals surface area contributed by atoms with E-state index in [1.165, 1.54) is 41.3 Å². The molecule has 0 saturated heterocycles. The second-order valence-corrected chi connectivity index (χ2v) is 31.5. The third-order valence-electron chi connectivity index (χ3n) is 12.1. The summed E-state index contributed by atoms with van der Waals surface area (Å²) in [5, 5.41) is 22.7. The number of rotatable bonds is 16. The van der Waals surface area contributed by atoms with Gasteiger partial charge in [-0.25, -0.2) is 33.5 Å². The molecule has 0 unspecified atom stereocenters. The SMILES string of the molecule is C[C@H](NC(=O)c1cn(COCC[Si](C)(C)C)c2ncc(-c3nn(C)c4cc(F)ccc34)nc12)C1=NC=C(C(F)(F)F)C1.Cn1nc(-c2cnc3c(n2)c(C(=O)O)cn3COCC[Si](C)(C)C)c2ccc(F)cc21. The van der Waals surface area contributed by atoms with Crippen molar-refractivity contribution in [1.29, 1.82) is 0 Å². The summed E-state index contributed by atoms with van der Waals surface area (Å²) in [4.78, 5) is 47.5. The predicted octanol–water partition coefficient (Wildman–Crippen LogP) is 9.98. The van der Waals surface area contributed by atoms with Crippen LogP contribution >= 0.6 is 0 Å². The molecule has 8 aromatic rings. The number of fused-ring (bicyclic) bond motifs is 4. The number of halogens is 5. The summed E-state index contributed by atoms with van der Waals surface area (Å²) in [6, 6.07) is 9.91. The van der Waals surface area contributed by atoms with Crippen molar-refractivity contribution in [3.8, 4) is 22.8 Å². The van der Waals surface area contributed by atoms with Gasteiger partial charge in [0.05, 0.1) is 40.6 Å². The van der Waals surface area contributed by atoms with Crippen LogP contribution in [-0.2, 0) is 37.0 Å². The first-order chi connectivity index (χ1) is 34.3. The fraction of sp³-hybridized carbons (Fsp3) is 0.367. The van der Waals surface area contributed by atoms with Crippen molar-refractivity contribution < 1.29 is 46.1 Å². The van der Waals surface area contributed by atoms with Crippen molar-refractivity contribution in [2.75, 3.05) is 13.2 Å². The van der Waals surface area contributed by atoms with E-state index in [9.17, 15) is 36.6 Å². The van der Waals surface area contributed by atoms with E-state index in [1.54, 1.807) is 59.4 Å². The van der Waals surface area contributed by atoms with Crippen molar-refractivity contribution in [2.24, 2.45) is 19.1 Å². The molecule has 2 aromatic carbocycles. The van der Waals surface area contributed by atoms with Gasteiger partial charge in [0.25, 0.3) is 5.91 Å². The largest absolute Gasteiger partial charge is 0.478 e. The molecule has 0 bridgehead atoms. The number of ether oxygens (including phenoxy) is 2. The highest BCUT2D eigenvalue weighted by Crippen LogP contribution is 2.33. The van der Waals surface area contributed by atoms with E-state index in [-0.39, 0.29) is 47.2 Å². The molecule has 73 heavy (non-hydrogen) atoms. The van der Waals surface area contributed by atoms with Crippen molar-refractivity contribution in [1.82, 2.24) is 53.9 Å². The first-order valence-electron chi connectivity index (χ1n) is 23.3. The molecule has 17 nitrogen and oxygen atoms in total. The van der Waals surface area contributed by atoms with E-state index in [2.05, 4.69) is 74.7 Å². The molecular formula is C49H55F5N12O5Si2. The van der Waals surface area contributed by atoms with Crippen LogP contribution in [0, 0.1) is 11.6 Å². The number of hydrogen-bond acceptors (Lipinski definition) is 11. The molecule has 7 heterocycles. The van der Waals surface area contributed by atoms with Crippen molar-refractivity contribution in [3.63, 3.8) is 0 Å². The van der Waals surface area contributed by atoms with E-state index in [0.29, 0.717) is 69.1 Å². The molecule has 24 heteroatoms. The number of carboxylic acids is 1. The zero-order valence-electron chi connectivity index (χ0n) is 41.8. The van der Waals surface area contributed by atoms with Crippen LogP contribution in [0.5, 0.6) is 0 Å². The molecule has 0 aliphatic carbocycles. The zero-order chi connectivity index (χ0) is 52.7. The van der Waals surface area contributed by atoms with Gasteiger partial charge in [0, 0.05) is 85.0 Å². The van der Waals surface area contributed by atoms with Gasteiger partial charge in [-0.05, 0) is 55.4 Å². The normalized spacial score (nSPS) is 13.7. The minimum Gasteiger partial charge on any atom is -0.478 e. The van der Waals surface area contributed by atoms with Crippen molar-refractivity contribution in [3.05, 3.63) is 95.7 Å². The summed E-state index contributed by atoms with van der Waals surface area (Å²) in [5.41, 5.74) is 3.98. The molecule has 0 radical (unpaired) electrons. The lowest BCUT2D eigenvalue weighted by atomic mass is 10.1. The van der Waals surface area contributed by atoms with E-state index < -0.39 is 58.1 Å². The van der Waals surface area contributed by atoms with Crippen LogP contribution in [0.1, 0.15) is 34.1 Å². The van der Waals surface area contributed by atoms with E-state index in [4.69, 9.17) is 14.5 Å². The summed E-state index contributed by atoms with van der Waals surface area (Å²) in [7, 11) is 0.864. The Bertz CT molecular complexity index is 3480. The summed E-state index contributed by atoms with van der Waals surface area (Å²) in [5.74, 6) is -2.40. The fourth-order valence-corrected chi connectivity index (χ4v) is 9.53. The van der Waals surface area contributed by atoms with Crippen LogP contribution in [0.2, 0.25) is 51.4 Å². The fourth-order valence-electron chi connectivity index (χ4n) is 8.02. The second-order valence-electron chi connectivity index (χ2n) is 20.3. The zero-order valence-corrected chi connectivity index (χ0v) is 43.8. The maximum Gasteiger partial charge on any atom is 0.414 e. The summed E-state index contributed by atoms with van der Waals surface area (Å²) >= 11 is 0. The highest BCUT2D eigenvalue weighted by atomic mass is 28.3. The number of nitrogens with zero attached hydrogens (tertiary/aromatic N) is 11. The van der Waals surface area contributed by atoms with Crippen molar-refractivity contribution >= 4 is 77.9 Å². The van der Waals surface area contributed by atoms with Crippen molar-refractivity contribution in [2.45, 2.75) is 90.4 Å². The Morgan fingerprint density at radius 2 is 1.22 bits per heavy atom. The average Bonchev–Trinajstić information content (AvgIpc) is 4.15. The minimum atomic E-state index is -4.48. The monoisotopic (exact) mass is 1040 g/mol. The highest BCUT2D eigenvalue weighted by Gasteiger charge is 2.37. The molecule has 1 atom stereocenters. The molecule has 6 aromatic heterocycles. The number of carbonyl (C=O) groups excluding carboxylic acids is 1. The molecular weight excluding hydrogens is 988 g/mol. The number of aliphatic imine (C=N–C) groups is 1. The van der Waals surface area contributed by atoms with Gasteiger partial charge in [0.1, 0.15) is 64.5 Å². The number of hydrogen-bond donors (Lipinski definition) is 2. The Kier molecular flexibility index (Phi) is 14.7. The van der Waals surface area contributed by atoms with Gasteiger partial charge in [-0.3, -0.25) is 19.2 Å². The number of nitrogens with one attached hydrogen (secondary N) is 1. The number of amides is 1. The molecule has 1 aliphatic heterocycles. The molecule has 1 aliphatic rings. The lowest BCUT2D eigenvalue weighted by molar-refractivity contribution is -0.0923. The topological polar surface area (TPSA) is 194 Å². The van der Waals surface area contributed by atoms with E-state index in [1.807, 2.05) is 0 Å². The minimum absolute atomic E-state index is 0.0458. The third-order valence-corrected chi connectivity index (χ3v) is 15.5. The smallest absolute Gasteiger partial charge is 0.414 e. The number of allylic oxidation sites excluding steroid dienone is 1. The molecule has 9 rings (SSSR count). The van der Waals surface area contributed by atoms with Crippen LogP contribution in [0.25, 0.3) is 66.9 Å². The van der Waals surface area contributed by atoms with Gasteiger partial charge in [-0.15, -0.1) is 0 Å². The van der Waals surface area contributed by atoms with Crippen LogP contribution in [0.3, 0.4) is 0 Å². The van der Waals surface area contributed by atoms with Crippen LogP contribution in [-0.4, -0.2) is 113 Å². The Labute approximate surface area is 417 Å². The second kappa shape index (κ2) is 20.5. The number of aromatic carboxylic acids is 1. The number of aromatic nitrogens is 10. The summed E-state index contributed by atoms with van der Waals surface area (Å²) in [6.45, 7) is 16.6. The summed E-state index contributed by atoms with van der Waals surface area (Å²) < 4.78 is 84.9. The Hall–Kier alpha value is -7.03. The maximum absolute atomic E-state index is 13.9. The van der Waals surface area contributed by atoms with Gasteiger partial charge < -0.3 is 29.0 Å². The molecule has 0 fully saturated rings. The lowest BCUT2D eigenvalue weighted by Gasteiger charge is -2.15. The molecule has 1 amide bonds. The molecule has 0 saturated carbocycles. The number of benzene rings is 2. The van der Waals surface area contributed by atoms with E-state index in [0.717, 1.165) is 18.3 Å². The summed E-state index contributed by atoms with van der Waals surface area (Å²) in [6.07, 6.45) is 2.08. The lowest BCUT2D eigenvalue weighted by Crippen LogP contribution is -2.38. The maximum atomic E-state index is 13.9. The number of carbonyl (C=O) groups is 2. The highest BCUT2D eigenvalue weighted by molar-refractivity contribution is 6.76. The Morgan fingerprint density at radius 3 is 1.66 bits per heavy atom. The van der Waals surface area contributed by atoms with Gasteiger partial charge in [0.15, 0.2) is 11.3 Å².